The summed E-state index contributed by atoms with van der Waals surface area (Å²) >= 11 is 1.28. The molecule has 6 nitrogen and oxygen atoms in total. The zero-order chi connectivity index (χ0) is 15.0. The van der Waals surface area contributed by atoms with Gasteiger partial charge < -0.3 is 0 Å². The summed E-state index contributed by atoms with van der Waals surface area (Å²) < 4.78 is 3.50. The van der Waals surface area contributed by atoms with E-state index in [9.17, 15) is 4.79 Å². The predicted octanol–water partition coefficient (Wildman–Crippen LogP) is 2.64. The fraction of sp³-hybridized carbons (Fsp3) is 0.214. The Morgan fingerprint density at radius 3 is 2.45 bits per heavy atom. The molecule has 116 valence electrons. The van der Waals surface area contributed by atoms with Crippen molar-refractivity contribution in [1.29, 1.82) is 0 Å². The smallest absolute Gasteiger partial charge is 0.284 e. The van der Waals surface area contributed by atoms with Crippen molar-refractivity contribution < 1.29 is 0 Å². The minimum atomic E-state index is -0.0614. The van der Waals surface area contributed by atoms with Gasteiger partial charge in [0.2, 0.25) is 5.16 Å². The highest BCUT2D eigenvalue weighted by Gasteiger charge is 2.18. The topological polar surface area (TPSA) is 68.5 Å². The number of nitrogens with one attached hydrogen (secondary N) is 1. The van der Waals surface area contributed by atoms with Gasteiger partial charge in [0.15, 0.2) is 0 Å². The maximum Gasteiger partial charge on any atom is 0.285 e. The molecule has 3 aromatic rings. The van der Waals surface area contributed by atoms with Crippen LogP contribution in [0.2, 0.25) is 0 Å². The lowest BCUT2D eigenvalue weighted by Gasteiger charge is -2.07. The van der Waals surface area contributed by atoms with Crippen molar-refractivity contribution in [3.05, 3.63) is 52.2 Å². The second kappa shape index (κ2) is 6.53. The van der Waals surface area contributed by atoms with Gasteiger partial charge in [0.05, 0.1) is 11.4 Å². The third-order valence-corrected chi connectivity index (χ3v) is 4.31. The number of aryl methyl sites for hydroxylation is 1. The Morgan fingerprint density at radius 1 is 1.18 bits per heavy atom. The van der Waals surface area contributed by atoms with Crippen molar-refractivity contribution in [2.75, 3.05) is 0 Å². The molecular weight excluding hydrogens is 366 g/mol. The molecule has 0 aliphatic carbocycles. The Labute approximate surface area is 142 Å². The molecule has 8 heteroatoms. The number of nitrogens with zero attached hydrogens (tertiary/aromatic N) is 4. The number of halogens is 1. The van der Waals surface area contributed by atoms with Crippen LogP contribution in [0.15, 0.2) is 45.2 Å². The van der Waals surface area contributed by atoms with Crippen molar-refractivity contribution >= 4 is 28.7 Å². The molecule has 0 spiro atoms. The quantitative estimate of drug-likeness (QED) is 0.756. The Bertz CT molecular complexity index is 837. The van der Waals surface area contributed by atoms with Crippen LogP contribution < -0.4 is 5.56 Å². The van der Waals surface area contributed by atoms with E-state index in [0.717, 1.165) is 17.2 Å². The number of rotatable bonds is 3. The molecule has 0 atom stereocenters. The number of para-hydroxylation sites is 1. The molecule has 3 rings (SSSR count). The minimum absolute atomic E-state index is 0. The molecular formula is C14H16BrN5OS. The van der Waals surface area contributed by atoms with E-state index in [2.05, 4.69) is 15.2 Å². The molecule has 0 radical (unpaired) electrons. The number of hydrogen-bond acceptors (Lipinski definition) is 4. The molecule has 0 fully saturated rings. The number of hydrogen-bond donors (Lipinski definition) is 1. The molecule has 2 heterocycles. The fourth-order valence-electron chi connectivity index (χ4n) is 2.12. The molecule has 0 bridgehead atoms. The van der Waals surface area contributed by atoms with Gasteiger partial charge in [-0.25, -0.2) is 9.67 Å². The first-order valence-corrected chi connectivity index (χ1v) is 7.30. The van der Waals surface area contributed by atoms with E-state index in [0.29, 0.717) is 10.1 Å². The van der Waals surface area contributed by atoms with Crippen LogP contribution in [0.5, 0.6) is 0 Å². The van der Waals surface area contributed by atoms with E-state index in [4.69, 9.17) is 0 Å². The molecule has 0 saturated carbocycles. The summed E-state index contributed by atoms with van der Waals surface area (Å²) in [5.74, 6) is 0.731. The lowest BCUT2D eigenvalue weighted by molar-refractivity contribution is 0.630. The van der Waals surface area contributed by atoms with Crippen LogP contribution in [0.3, 0.4) is 0 Å². The van der Waals surface area contributed by atoms with Crippen LogP contribution in [0.1, 0.15) is 11.5 Å². The first kappa shape index (κ1) is 16.6. The molecule has 22 heavy (non-hydrogen) atoms. The minimum Gasteiger partial charge on any atom is -0.284 e. The SMILES string of the molecule is Br.Cc1nc(Sc2c(C)n(C)n(-c3ccccc3)c2=O)n[nH]1. The molecule has 1 aromatic carbocycles. The predicted molar refractivity (Wildman–Crippen MR) is 91.3 cm³/mol. The number of aromatic nitrogens is 5. The van der Waals surface area contributed by atoms with Gasteiger partial charge in [-0.3, -0.25) is 14.6 Å². The lowest BCUT2D eigenvalue weighted by Crippen LogP contribution is -2.19. The highest BCUT2D eigenvalue weighted by atomic mass is 79.9. The molecule has 0 unspecified atom stereocenters. The van der Waals surface area contributed by atoms with Crippen LogP contribution in [0, 0.1) is 13.8 Å². The second-order valence-electron chi connectivity index (χ2n) is 4.70. The summed E-state index contributed by atoms with van der Waals surface area (Å²) in [6.07, 6.45) is 0. The van der Waals surface area contributed by atoms with E-state index in [1.165, 1.54) is 11.8 Å². The van der Waals surface area contributed by atoms with Crippen molar-refractivity contribution in [2.45, 2.75) is 23.9 Å². The van der Waals surface area contributed by atoms with Gasteiger partial charge in [0.1, 0.15) is 10.7 Å². The van der Waals surface area contributed by atoms with Gasteiger partial charge in [-0.15, -0.1) is 22.1 Å². The molecule has 0 saturated heterocycles. The summed E-state index contributed by atoms with van der Waals surface area (Å²) in [6, 6.07) is 9.57. The van der Waals surface area contributed by atoms with Crippen LogP contribution >= 0.6 is 28.7 Å². The van der Waals surface area contributed by atoms with Gasteiger partial charge in [0, 0.05) is 7.05 Å². The van der Waals surface area contributed by atoms with Gasteiger partial charge in [-0.2, -0.15) is 0 Å². The third-order valence-electron chi connectivity index (χ3n) is 3.27. The first-order valence-electron chi connectivity index (χ1n) is 6.49. The van der Waals surface area contributed by atoms with Gasteiger partial charge in [-0.05, 0) is 37.7 Å². The molecule has 2 aromatic heterocycles. The Balaban J connectivity index is 0.00000176. The van der Waals surface area contributed by atoms with Gasteiger partial charge in [0.25, 0.3) is 5.56 Å². The van der Waals surface area contributed by atoms with Gasteiger partial charge >= 0.3 is 0 Å². The summed E-state index contributed by atoms with van der Waals surface area (Å²) in [6.45, 7) is 3.75. The monoisotopic (exact) mass is 381 g/mol. The van der Waals surface area contributed by atoms with E-state index >= 15 is 0 Å². The first-order chi connectivity index (χ1) is 10.1. The Kier molecular flexibility index (Phi) is 4.92. The molecule has 0 amide bonds. The van der Waals surface area contributed by atoms with Crippen molar-refractivity contribution in [2.24, 2.45) is 7.05 Å². The summed E-state index contributed by atoms with van der Waals surface area (Å²) in [5, 5.41) is 7.41. The number of benzene rings is 1. The highest BCUT2D eigenvalue weighted by Crippen LogP contribution is 2.25. The van der Waals surface area contributed by atoms with Crippen LogP contribution in [-0.2, 0) is 7.05 Å². The van der Waals surface area contributed by atoms with Crippen LogP contribution in [-0.4, -0.2) is 24.5 Å². The maximum absolute atomic E-state index is 12.7. The molecule has 0 aliphatic heterocycles. The Morgan fingerprint density at radius 2 is 1.86 bits per heavy atom. The zero-order valence-corrected chi connectivity index (χ0v) is 14.9. The van der Waals surface area contributed by atoms with Crippen LogP contribution in [0.4, 0.5) is 0 Å². The van der Waals surface area contributed by atoms with Crippen LogP contribution in [0.25, 0.3) is 5.69 Å². The average Bonchev–Trinajstić information content (AvgIpc) is 2.98. The van der Waals surface area contributed by atoms with Crippen molar-refractivity contribution in [3.8, 4) is 5.69 Å². The van der Waals surface area contributed by atoms with Gasteiger partial charge in [-0.1, -0.05) is 18.2 Å². The van der Waals surface area contributed by atoms with Crippen molar-refractivity contribution in [3.63, 3.8) is 0 Å². The standard InChI is InChI=1S/C14H15N5OS.BrH/c1-9-12(21-14-15-10(2)16-17-14)13(20)19(18(9)3)11-7-5-4-6-8-11;/h4-8H,1-3H3,(H,15,16,17);1H. The fourth-order valence-corrected chi connectivity index (χ4v) is 3.03. The van der Waals surface area contributed by atoms with E-state index in [-0.39, 0.29) is 22.5 Å². The summed E-state index contributed by atoms with van der Waals surface area (Å²) in [4.78, 5) is 17.6. The number of H-pyrrole nitrogens is 1. The average molecular weight is 382 g/mol. The van der Waals surface area contributed by atoms with E-state index < -0.39 is 0 Å². The Hall–Kier alpha value is -1.80. The molecule has 0 aliphatic rings. The summed E-state index contributed by atoms with van der Waals surface area (Å²) in [7, 11) is 1.87. The highest BCUT2D eigenvalue weighted by molar-refractivity contribution is 8.93. The van der Waals surface area contributed by atoms with Crippen molar-refractivity contribution in [1.82, 2.24) is 24.5 Å². The summed E-state index contributed by atoms with van der Waals surface area (Å²) in [5.41, 5.74) is 1.66. The van der Waals surface area contributed by atoms with E-state index in [1.807, 2.05) is 55.9 Å². The third kappa shape index (κ3) is 2.89. The number of aromatic amines is 1. The lowest BCUT2D eigenvalue weighted by atomic mass is 10.3. The molecule has 1 N–H and O–H groups in total. The van der Waals surface area contributed by atoms with E-state index in [1.54, 1.807) is 4.68 Å². The second-order valence-corrected chi connectivity index (χ2v) is 5.67. The zero-order valence-electron chi connectivity index (χ0n) is 12.4. The largest absolute Gasteiger partial charge is 0.285 e. The normalized spacial score (nSPS) is 10.5. The maximum atomic E-state index is 12.7.